The monoisotopic (exact) mass is 187 g/mol. The van der Waals surface area contributed by atoms with Crippen molar-refractivity contribution in [2.75, 3.05) is 13.1 Å². The van der Waals surface area contributed by atoms with E-state index in [4.69, 9.17) is 12.2 Å². The van der Waals surface area contributed by atoms with E-state index in [2.05, 4.69) is 16.0 Å². The average molecular weight is 187 g/mol. The van der Waals surface area contributed by atoms with Crippen LogP contribution in [-0.4, -0.2) is 30.2 Å². The summed E-state index contributed by atoms with van der Waals surface area (Å²) < 4.78 is 0. The zero-order chi connectivity index (χ0) is 8.97. The predicted molar refractivity (Wildman–Crippen MR) is 50.8 cm³/mol. The summed E-state index contributed by atoms with van der Waals surface area (Å²) in [6, 6.07) is 0.157. The van der Waals surface area contributed by atoms with E-state index in [-0.39, 0.29) is 11.9 Å². The van der Waals surface area contributed by atoms with Crippen molar-refractivity contribution in [1.29, 1.82) is 0 Å². The van der Waals surface area contributed by atoms with Gasteiger partial charge in [0.05, 0.1) is 6.04 Å². The maximum atomic E-state index is 10.8. The van der Waals surface area contributed by atoms with E-state index in [9.17, 15) is 4.79 Å². The van der Waals surface area contributed by atoms with Crippen LogP contribution in [0.4, 0.5) is 0 Å². The number of carbonyl (C=O) groups is 1. The van der Waals surface area contributed by atoms with Gasteiger partial charge in [0.15, 0.2) is 5.11 Å². The molecule has 1 atom stereocenters. The molecular formula is C7H13N3OS. The lowest BCUT2D eigenvalue weighted by Gasteiger charge is -2.12. The van der Waals surface area contributed by atoms with Crippen LogP contribution in [0.15, 0.2) is 0 Å². The number of nitrogens with one attached hydrogen (secondary N) is 3. The largest absolute Gasteiger partial charge is 0.363 e. The van der Waals surface area contributed by atoms with Gasteiger partial charge in [-0.2, -0.15) is 0 Å². The molecule has 1 rings (SSSR count). The molecule has 1 fully saturated rings. The fraction of sp³-hybridized carbons (Fsp3) is 0.714. The first kappa shape index (κ1) is 9.25. The van der Waals surface area contributed by atoms with E-state index in [1.54, 1.807) is 0 Å². The molecule has 1 amide bonds. The molecule has 12 heavy (non-hydrogen) atoms. The van der Waals surface area contributed by atoms with Crippen LogP contribution < -0.4 is 16.0 Å². The highest BCUT2D eigenvalue weighted by atomic mass is 32.1. The molecule has 0 saturated carbocycles. The Morgan fingerprint density at radius 2 is 2.58 bits per heavy atom. The standard InChI is InChI=1S/C7H13N3OS/c1-2-8-7(12)10-5-3-6(11)9-4-5/h5H,2-4H2,1H3,(H,9,11)(H2,8,10,12). The minimum atomic E-state index is 0.0896. The number of hydrogen-bond acceptors (Lipinski definition) is 2. The Morgan fingerprint density at radius 1 is 1.83 bits per heavy atom. The minimum absolute atomic E-state index is 0.0896. The number of thiocarbonyl (C=S) groups is 1. The van der Waals surface area contributed by atoms with Gasteiger partial charge in [-0.05, 0) is 19.1 Å². The van der Waals surface area contributed by atoms with Crippen molar-refractivity contribution in [2.24, 2.45) is 0 Å². The van der Waals surface area contributed by atoms with E-state index in [1.807, 2.05) is 6.92 Å². The quantitative estimate of drug-likeness (QED) is 0.503. The van der Waals surface area contributed by atoms with E-state index in [0.717, 1.165) is 6.54 Å². The van der Waals surface area contributed by atoms with Crippen LogP contribution in [0.1, 0.15) is 13.3 Å². The van der Waals surface area contributed by atoms with E-state index in [1.165, 1.54) is 0 Å². The second-order valence-corrected chi connectivity index (χ2v) is 3.12. The summed E-state index contributed by atoms with van der Waals surface area (Å²) in [5, 5.41) is 9.37. The first-order valence-electron chi connectivity index (χ1n) is 4.03. The molecule has 0 aromatic rings. The summed E-state index contributed by atoms with van der Waals surface area (Å²) in [6.07, 6.45) is 0.519. The van der Waals surface area contributed by atoms with Gasteiger partial charge < -0.3 is 16.0 Å². The topological polar surface area (TPSA) is 53.2 Å². The van der Waals surface area contributed by atoms with Gasteiger partial charge in [0.25, 0.3) is 0 Å². The molecule has 0 aromatic carbocycles. The third-order valence-electron chi connectivity index (χ3n) is 1.65. The minimum Gasteiger partial charge on any atom is -0.363 e. The molecule has 0 radical (unpaired) electrons. The number of carbonyl (C=O) groups excluding carboxylic acids is 1. The van der Waals surface area contributed by atoms with Crippen LogP contribution in [-0.2, 0) is 4.79 Å². The van der Waals surface area contributed by atoms with E-state index in [0.29, 0.717) is 18.1 Å². The SMILES string of the molecule is CCNC(=S)NC1CNC(=O)C1. The third-order valence-corrected chi connectivity index (χ3v) is 1.91. The number of hydrogen-bond donors (Lipinski definition) is 3. The van der Waals surface area contributed by atoms with Crippen molar-refractivity contribution in [3.05, 3.63) is 0 Å². The van der Waals surface area contributed by atoms with Crippen molar-refractivity contribution >= 4 is 23.2 Å². The molecule has 5 heteroatoms. The fourth-order valence-electron chi connectivity index (χ4n) is 1.10. The van der Waals surface area contributed by atoms with Crippen LogP contribution in [0.2, 0.25) is 0 Å². The Labute approximate surface area is 77.1 Å². The van der Waals surface area contributed by atoms with Gasteiger partial charge in [-0.15, -0.1) is 0 Å². The van der Waals surface area contributed by atoms with Gasteiger partial charge in [0, 0.05) is 19.5 Å². The molecule has 0 spiro atoms. The first-order valence-corrected chi connectivity index (χ1v) is 4.44. The highest BCUT2D eigenvalue weighted by Gasteiger charge is 2.21. The Kier molecular flexibility index (Phi) is 3.28. The maximum absolute atomic E-state index is 10.8. The van der Waals surface area contributed by atoms with Crippen molar-refractivity contribution in [3.8, 4) is 0 Å². The van der Waals surface area contributed by atoms with Crippen molar-refractivity contribution in [3.63, 3.8) is 0 Å². The van der Waals surface area contributed by atoms with Gasteiger partial charge in [0.2, 0.25) is 5.91 Å². The zero-order valence-electron chi connectivity index (χ0n) is 7.02. The van der Waals surface area contributed by atoms with Crippen molar-refractivity contribution < 1.29 is 4.79 Å². The van der Waals surface area contributed by atoms with Gasteiger partial charge in [-0.3, -0.25) is 4.79 Å². The molecule has 1 heterocycles. The predicted octanol–water partition coefficient (Wildman–Crippen LogP) is -0.641. The second-order valence-electron chi connectivity index (χ2n) is 2.71. The lowest BCUT2D eigenvalue weighted by atomic mass is 10.3. The van der Waals surface area contributed by atoms with Crippen LogP contribution in [0.5, 0.6) is 0 Å². The van der Waals surface area contributed by atoms with Crippen LogP contribution in [0.3, 0.4) is 0 Å². The summed E-state index contributed by atoms with van der Waals surface area (Å²) in [7, 11) is 0. The maximum Gasteiger partial charge on any atom is 0.222 e. The van der Waals surface area contributed by atoms with Gasteiger partial charge >= 0.3 is 0 Å². The van der Waals surface area contributed by atoms with Crippen LogP contribution in [0.25, 0.3) is 0 Å². The van der Waals surface area contributed by atoms with Crippen molar-refractivity contribution in [2.45, 2.75) is 19.4 Å². The van der Waals surface area contributed by atoms with Gasteiger partial charge in [-0.25, -0.2) is 0 Å². The van der Waals surface area contributed by atoms with Gasteiger partial charge in [-0.1, -0.05) is 0 Å². The smallest absolute Gasteiger partial charge is 0.222 e. The fourth-order valence-corrected chi connectivity index (χ4v) is 1.42. The van der Waals surface area contributed by atoms with Crippen LogP contribution in [0, 0.1) is 0 Å². The normalized spacial score (nSPS) is 21.8. The molecule has 68 valence electrons. The van der Waals surface area contributed by atoms with Gasteiger partial charge in [0.1, 0.15) is 0 Å². The molecule has 0 aliphatic carbocycles. The molecule has 1 aliphatic rings. The first-order chi connectivity index (χ1) is 5.72. The molecule has 0 bridgehead atoms. The third kappa shape index (κ3) is 2.65. The Bertz CT molecular complexity index is 195. The lowest BCUT2D eigenvalue weighted by molar-refractivity contribution is -0.119. The molecule has 0 aromatic heterocycles. The molecule has 1 unspecified atom stereocenters. The molecular weight excluding hydrogens is 174 g/mol. The highest BCUT2D eigenvalue weighted by Crippen LogP contribution is 1.98. The lowest BCUT2D eigenvalue weighted by Crippen LogP contribution is -2.42. The zero-order valence-corrected chi connectivity index (χ0v) is 7.83. The average Bonchev–Trinajstić information content (AvgIpc) is 2.36. The molecule has 4 nitrogen and oxygen atoms in total. The highest BCUT2D eigenvalue weighted by molar-refractivity contribution is 7.80. The Morgan fingerprint density at radius 3 is 3.08 bits per heavy atom. The van der Waals surface area contributed by atoms with E-state index >= 15 is 0 Å². The molecule has 3 N–H and O–H groups in total. The number of rotatable bonds is 2. The summed E-state index contributed by atoms with van der Waals surface area (Å²) >= 11 is 4.97. The Balaban J connectivity index is 2.23. The second kappa shape index (κ2) is 4.25. The summed E-state index contributed by atoms with van der Waals surface area (Å²) in [5.41, 5.74) is 0. The van der Waals surface area contributed by atoms with Crippen molar-refractivity contribution in [1.82, 2.24) is 16.0 Å². The Hall–Kier alpha value is -0.840. The number of amides is 1. The molecule has 1 aliphatic heterocycles. The summed E-state index contributed by atoms with van der Waals surface area (Å²) in [6.45, 7) is 3.45. The van der Waals surface area contributed by atoms with E-state index < -0.39 is 0 Å². The summed E-state index contributed by atoms with van der Waals surface area (Å²) in [4.78, 5) is 10.8. The van der Waals surface area contributed by atoms with Crippen LogP contribution >= 0.6 is 12.2 Å². The summed E-state index contributed by atoms with van der Waals surface area (Å²) in [5.74, 6) is 0.0896. The molecule has 1 saturated heterocycles.